The number of nitrogens with zero attached hydrogens (tertiary/aromatic N) is 2. The fourth-order valence-corrected chi connectivity index (χ4v) is 6.03. The van der Waals surface area contributed by atoms with E-state index in [1.165, 1.54) is 17.0 Å². The molecule has 0 heterocycles. The highest BCUT2D eigenvalue weighted by atomic mass is 79.9. The topological polar surface area (TPSA) is 86.8 Å². The highest BCUT2D eigenvalue weighted by molar-refractivity contribution is 9.10. The van der Waals surface area contributed by atoms with Crippen molar-refractivity contribution in [3.05, 3.63) is 93.4 Å². The van der Waals surface area contributed by atoms with Crippen LogP contribution in [0.3, 0.4) is 0 Å². The monoisotopic (exact) mass is 633 g/mol. The summed E-state index contributed by atoms with van der Waals surface area (Å²) in [4.78, 5) is 28.4. The van der Waals surface area contributed by atoms with Gasteiger partial charge in [0.25, 0.3) is 10.0 Å². The van der Waals surface area contributed by atoms with Crippen LogP contribution < -0.4 is 9.62 Å². The Hall–Kier alpha value is -2.88. The second kappa shape index (κ2) is 14.0. The van der Waals surface area contributed by atoms with Gasteiger partial charge in [-0.05, 0) is 73.9 Å². The first kappa shape index (κ1) is 30.7. The number of anilines is 1. The van der Waals surface area contributed by atoms with Crippen LogP contribution in [0, 0.1) is 6.92 Å². The maximum atomic E-state index is 13.9. The predicted octanol–water partition coefficient (Wildman–Crippen LogP) is 5.94. The minimum atomic E-state index is -4.12. The summed E-state index contributed by atoms with van der Waals surface area (Å²) >= 11 is 9.56. The molecule has 2 amide bonds. The molecule has 0 saturated heterocycles. The van der Waals surface area contributed by atoms with Gasteiger partial charge >= 0.3 is 0 Å². The summed E-state index contributed by atoms with van der Waals surface area (Å²) in [7, 11) is -4.12. The fourth-order valence-electron chi connectivity index (χ4n) is 4.04. The van der Waals surface area contributed by atoms with Gasteiger partial charge in [-0.1, -0.05) is 71.2 Å². The summed E-state index contributed by atoms with van der Waals surface area (Å²) in [6, 6.07) is 19.4. The summed E-state index contributed by atoms with van der Waals surface area (Å²) in [6.07, 6.45) is 1.74. The van der Waals surface area contributed by atoms with Crippen LogP contribution in [0.15, 0.2) is 82.2 Å². The van der Waals surface area contributed by atoms with Gasteiger partial charge in [0.15, 0.2) is 0 Å². The number of nitrogens with one attached hydrogen (secondary N) is 1. The zero-order valence-electron chi connectivity index (χ0n) is 22.2. The van der Waals surface area contributed by atoms with E-state index in [1.807, 2.05) is 31.2 Å². The first-order chi connectivity index (χ1) is 18.5. The summed E-state index contributed by atoms with van der Waals surface area (Å²) in [5.41, 5.74) is 1.74. The van der Waals surface area contributed by atoms with Crippen LogP contribution in [0.4, 0.5) is 5.69 Å². The fraction of sp³-hybridized carbons (Fsp3) is 0.310. The minimum Gasteiger partial charge on any atom is -0.354 e. The molecule has 0 aliphatic heterocycles. The average Bonchev–Trinajstić information content (AvgIpc) is 2.91. The maximum Gasteiger partial charge on any atom is 0.264 e. The molecule has 3 aromatic rings. The van der Waals surface area contributed by atoms with Crippen LogP contribution in [0.2, 0.25) is 5.02 Å². The normalized spacial score (nSPS) is 12.0. The van der Waals surface area contributed by atoms with Crippen LogP contribution in [-0.4, -0.2) is 44.3 Å². The molecule has 0 unspecified atom stereocenters. The lowest BCUT2D eigenvalue weighted by atomic mass is 10.1. The molecule has 1 N–H and O–H groups in total. The quantitative estimate of drug-likeness (QED) is 0.250. The van der Waals surface area contributed by atoms with E-state index in [0.29, 0.717) is 22.8 Å². The van der Waals surface area contributed by atoms with E-state index in [0.717, 1.165) is 27.2 Å². The molecule has 7 nitrogen and oxygen atoms in total. The lowest BCUT2D eigenvalue weighted by Crippen LogP contribution is -2.51. The van der Waals surface area contributed by atoms with Crippen molar-refractivity contribution >= 4 is 55.1 Å². The number of sulfonamides is 1. The second-order valence-electron chi connectivity index (χ2n) is 9.22. The zero-order chi connectivity index (χ0) is 28.6. The van der Waals surface area contributed by atoms with Gasteiger partial charge < -0.3 is 10.2 Å². The summed E-state index contributed by atoms with van der Waals surface area (Å²) in [5.74, 6) is -0.807. The SMILES string of the molecule is CCCCNC(=O)[C@H](C)N(Cc1ccc(Br)cc1)C(=O)CN(c1ccc(Cl)cc1C)S(=O)(=O)c1ccccc1. The van der Waals surface area contributed by atoms with Gasteiger partial charge in [-0.25, -0.2) is 8.42 Å². The number of carbonyl (C=O) groups excluding carboxylic acids is 2. The molecule has 0 radical (unpaired) electrons. The number of rotatable bonds is 12. The Balaban J connectivity index is 2.01. The first-order valence-electron chi connectivity index (χ1n) is 12.7. The van der Waals surface area contributed by atoms with Crippen molar-refractivity contribution in [1.29, 1.82) is 0 Å². The molecule has 10 heteroatoms. The summed E-state index contributed by atoms with van der Waals surface area (Å²) in [6.45, 7) is 5.55. The van der Waals surface area contributed by atoms with Gasteiger partial charge in [0, 0.05) is 22.6 Å². The van der Waals surface area contributed by atoms with Crippen LogP contribution in [0.1, 0.15) is 37.8 Å². The van der Waals surface area contributed by atoms with Gasteiger partial charge in [0.05, 0.1) is 10.6 Å². The molecule has 0 spiro atoms. The second-order valence-corrected chi connectivity index (χ2v) is 12.4. The van der Waals surface area contributed by atoms with Crippen molar-refractivity contribution in [3.63, 3.8) is 0 Å². The van der Waals surface area contributed by atoms with Crippen LogP contribution >= 0.6 is 27.5 Å². The standard InChI is InChI=1S/C29H33BrClN3O4S/c1-4-5-17-32-29(36)22(3)33(19-23-11-13-24(30)14-12-23)28(35)20-34(27-16-15-25(31)18-21(27)2)39(37,38)26-9-7-6-8-10-26/h6-16,18,22H,4-5,17,19-20H2,1-3H3,(H,32,36)/t22-/m0/s1. The third kappa shape index (κ3) is 8.06. The lowest BCUT2D eigenvalue weighted by Gasteiger charge is -2.32. The molecule has 39 heavy (non-hydrogen) atoms. The van der Waals surface area contributed by atoms with Crippen molar-refractivity contribution in [2.75, 3.05) is 17.4 Å². The van der Waals surface area contributed by atoms with Crippen molar-refractivity contribution in [2.24, 2.45) is 0 Å². The maximum absolute atomic E-state index is 13.9. The van der Waals surface area contributed by atoms with E-state index in [1.54, 1.807) is 50.2 Å². The van der Waals surface area contributed by atoms with Crippen molar-refractivity contribution in [3.8, 4) is 0 Å². The largest absolute Gasteiger partial charge is 0.354 e. The molecule has 208 valence electrons. The van der Waals surface area contributed by atoms with Gasteiger partial charge in [-0.15, -0.1) is 0 Å². The van der Waals surface area contributed by atoms with Crippen LogP contribution in [0.25, 0.3) is 0 Å². The van der Waals surface area contributed by atoms with E-state index in [-0.39, 0.29) is 17.3 Å². The van der Waals surface area contributed by atoms with Gasteiger partial charge in [-0.2, -0.15) is 0 Å². The predicted molar refractivity (Wildman–Crippen MR) is 159 cm³/mol. The third-order valence-electron chi connectivity index (χ3n) is 6.30. The van der Waals surface area contributed by atoms with E-state index in [9.17, 15) is 18.0 Å². The average molecular weight is 635 g/mol. The summed E-state index contributed by atoms with van der Waals surface area (Å²) < 4.78 is 29.7. The highest BCUT2D eigenvalue weighted by Crippen LogP contribution is 2.29. The van der Waals surface area contributed by atoms with Gasteiger partial charge in [-0.3, -0.25) is 13.9 Å². The van der Waals surface area contributed by atoms with Crippen molar-refractivity contribution in [2.45, 2.75) is 51.1 Å². The number of unbranched alkanes of at least 4 members (excludes halogenated alkanes) is 1. The van der Waals surface area contributed by atoms with E-state index in [4.69, 9.17) is 11.6 Å². The first-order valence-corrected chi connectivity index (χ1v) is 15.3. The van der Waals surface area contributed by atoms with E-state index >= 15 is 0 Å². The number of amides is 2. The van der Waals surface area contributed by atoms with Crippen LogP contribution in [0.5, 0.6) is 0 Å². The Labute approximate surface area is 244 Å². The number of benzene rings is 3. The smallest absolute Gasteiger partial charge is 0.264 e. The number of hydrogen-bond acceptors (Lipinski definition) is 4. The minimum absolute atomic E-state index is 0.0527. The molecule has 1 atom stereocenters. The Morgan fingerprint density at radius 1 is 1.03 bits per heavy atom. The highest BCUT2D eigenvalue weighted by Gasteiger charge is 2.33. The number of aryl methyl sites for hydroxylation is 1. The van der Waals surface area contributed by atoms with E-state index < -0.39 is 28.5 Å². The molecule has 3 rings (SSSR count). The molecular formula is C29H33BrClN3O4S. The number of hydrogen-bond donors (Lipinski definition) is 1. The number of carbonyl (C=O) groups is 2. The Kier molecular flexibility index (Phi) is 11.0. The molecule has 3 aromatic carbocycles. The van der Waals surface area contributed by atoms with Crippen molar-refractivity contribution in [1.82, 2.24) is 10.2 Å². The zero-order valence-corrected chi connectivity index (χ0v) is 25.4. The van der Waals surface area contributed by atoms with Crippen LogP contribution in [-0.2, 0) is 26.2 Å². The van der Waals surface area contributed by atoms with Crippen molar-refractivity contribution < 1.29 is 18.0 Å². The molecule has 0 aliphatic rings. The molecule has 0 aromatic heterocycles. The molecular weight excluding hydrogens is 602 g/mol. The third-order valence-corrected chi connectivity index (χ3v) is 8.84. The molecule has 0 aliphatic carbocycles. The Morgan fingerprint density at radius 2 is 1.69 bits per heavy atom. The molecule has 0 saturated carbocycles. The Morgan fingerprint density at radius 3 is 2.31 bits per heavy atom. The molecule has 0 bridgehead atoms. The summed E-state index contributed by atoms with van der Waals surface area (Å²) in [5, 5.41) is 3.34. The number of halogens is 2. The molecule has 0 fully saturated rings. The lowest BCUT2D eigenvalue weighted by molar-refractivity contribution is -0.139. The van der Waals surface area contributed by atoms with Gasteiger partial charge in [0.2, 0.25) is 11.8 Å². The Bertz CT molecular complexity index is 1390. The van der Waals surface area contributed by atoms with Gasteiger partial charge in [0.1, 0.15) is 12.6 Å². The van der Waals surface area contributed by atoms with E-state index in [2.05, 4.69) is 21.2 Å².